The van der Waals surface area contributed by atoms with Crippen LogP contribution in [0.2, 0.25) is 0 Å². The Labute approximate surface area is 100 Å². The van der Waals surface area contributed by atoms with E-state index in [1.807, 2.05) is 0 Å². The summed E-state index contributed by atoms with van der Waals surface area (Å²) in [5.41, 5.74) is 1.46. The summed E-state index contributed by atoms with van der Waals surface area (Å²) in [7, 11) is 0. The summed E-state index contributed by atoms with van der Waals surface area (Å²) < 4.78 is 1.26. The summed E-state index contributed by atoms with van der Waals surface area (Å²) in [5, 5.41) is 3.42. The minimum Gasteiger partial charge on any atom is -0.317 e. The maximum atomic E-state index is 3.65. The maximum absolute atomic E-state index is 3.65. The van der Waals surface area contributed by atoms with E-state index in [-0.39, 0.29) is 0 Å². The highest BCUT2D eigenvalue weighted by atomic mass is 79.9. The quantitative estimate of drug-likeness (QED) is 0.864. The molecule has 0 bridgehead atoms. The van der Waals surface area contributed by atoms with Crippen LogP contribution in [0.25, 0.3) is 0 Å². The third-order valence-corrected chi connectivity index (χ3v) is 4.21. The molecule has 1 N–H and O–H groups in total. The van der Waals surface area contributed by atoms with Crippen molar-refractivity contribution < 1.29 is 0 Å². The zero-order valence-electron chi connectivity index (χ0n) is 9.17. The molecule has 0 aliphatic carbocycles. The first-order chi connectivity index (χ1) is 7.29. The van der Waals surface area contributed by atoms with Crippen molar-refractivity contribution in [3.8, 4) is 0 Å². The molecule has 1 atom stereocenters. The summed E-state index contributed by atoms with van der Waals surface area (Å²) in [5.74, 6) is 1.51. The van der Waals surface area contributed by atoms with Crippen LogP contribution in [0.4, 0.5) is 0 Å². The lowest BCUT2D eigenvalue weighted by molar-refractivity contribution is 0.330. The topological polar surface area (TPSA) is 12.0 Å². The molecule has 2 heteroatoms. The number of halogens is 1. The standard InChI is InChI=1S/C13H18BrN/c1-10(11-6-8-15-9-7-11)12-4-2-3-5-13(12)14/h2-5,10-11,15H,6-9H2,1H3. The van der Waals surface area contributed by atoms with Gasteiger partial charge in [-0.15, -0.1) is 0 Å². The third-order valence-electron chi connectivity index (χ3n) is 3.49. The molecule has 1 aromatic rings. The zero-order valence-corrected chi connectivity index (χ0v) is 10.8. The smallest absolute Gasteiger partial charge is 0.0210 e. The second kappa shape index (κ2) is 5.13. The molecule has 1 aliphatic rings. The van der Waals surface area contributed by atoms with Crippen LogP contribution in [0.5, 0.6) is 0 Å². The molecule has 0 saturated carbocycles. The molecule has 1 heterocycles. The Bertz CT molecular complexity index is 318. The van der Waals surface area contributed by atoms with Crippen molar-refractivity contribution in [3.05, 3.63) is 34.3 Å². The van der Waals surface area contributed by atoms with Gasteiger partial charge in [0.2, 0.25) is 0 Å². The lowest BCUT2D eigenvalue weighted by Crippen LogP contribution is -2.30. The van der Waals surface area contributed by atoms with Gasteiger partial charge in [-0.05, 0) is 49.4 Å². The average Bonchev–Trinajstić information content (AvgIpc) is 2.30. The first-order valence-electron chi connectivity index (χ1n) is 5.74. The van der Waals surface area contributed by atoms with Crippen molar-refractivity contribution in [1.82, 2.24) is 5.32 Å². The first-order valence-corrected chi connectivity index (χ1v) is 6.53. The lowest BCUT2D eigenvalue weighted by atomic mass is 9.82. The predicted molar refractivity (Wildman–Crippen MR) is 68.2 cm³/mol. The van der Waals surface area contributed by atoms with Crippen LogP contribution >= 0.6 is 15.9 Å². The summed E-state index contributed by atoms with van der Waals surface area (Å²) in [6, 6.07) is 8.62. The van der Waals surface area contributed by atoms with Crippen LogP contribution in [0.1, 0.15) is 31.2 Å². The zero-order chi connectivity index (χ0) is 10.7. The molecule has 0 radical (unpaired) electrons. The molecule has 82 valence electrons. The number of nitrogens with one attached hydrogen (secondary N) is 1. The van der Waals surface area contributed by atoms with Gasteiger partial charge in [0.05, 0.1) is 0 Å². The van der Waals surface area contributed by atoms with Gasteiger partial charge in [0.1, 0.15) is 0 Å². The summed E-state index contributed by atoms with van der Waals surface area (Å²) in [4.78, 5) is 0. The SMILES string of the molecule is CC(c1ccccc1Br)C1CCNCC1. The maximum Gasteiger partial charge on any atom is 0.0210 e. The number of hydrogen-bond acceptors (Lipinski definition) is 1. The van der Waals surface area contributed by atoms with E-state index in [0.717, 1.165) is 5.92 Å². The predicted octanol–water partition coefficient (Wildman–Crippen LogP) is 3.55. The largest absolute Gasteiger partial charge is 0.317 e. The van der Waals surface area contributed by atoms with Gasteiger partial charge in [-0.2, -0.15) is 0 Å². The molecule has 1 saturated heterocycles. The average molecular weight is 268 g/mol. The number of hydrogen-bond donors (Lipinski definition) is 1. The lowest BCUT2D eigenvalue weighted by Gasteiger charge is -2.29. The summed E-state index contributed by atoms with van der Waals surface area (Å²) in [6.07, 6.45) is 2.62. The third kappa shape index (κ3) is 2.61. The Morgan fingerprint density at radius 2 is 1.93 bits per heavy atom. The Morgan fingerprint density at radius 3 is 2.60 bits per heavy atom. The summed E-state index contributed by atoms with van der Waals surface area (Å²) >= 11 is 3.65. The first kappa shape index (κ1) is 11.2. The molecule has 1 aromatic carbocycles. The molecule has 1 fully saturated rings. The van der Waals surface area contributed by atoms with Crippen LogP contribution in [0.15, 0.2) is 28.7 Å². The molecule has 15 heavy (non-hydrogen) atoms. The van der Waals surface area contributed by atoms with Crippen molar-refractivity contribution in [3.63, 3.8) is 0 Å². The van der Waals surface area contributed by atoms with Crippen LogP contribution in [-0.2, 0) is 0 Å². The number of rotatable bonds is 2. The molecule has 1 nitrogen and oxygen atoms in total. The van der Waals surface area contributed by atoms with E-state index < -0.39 is 0 Å². The van der Waals surface area contributed by atoms with Crippen molar-refractivity contribution in [2.75, 3.05) is 13.1 Å². The molecule has 0 aromatic heterocycles. The van der Waals surface area contributed by atoms with E-state index in [9.17, 15) is 0 Å². The number of piperidine rings is 1. The molecule has 1 aliphatic heterocycles. The highest BCUT2D eigenvalue weighted by molar-refractivity contribution is 9.10. The second-order valence-corrected chi connectivity index (χ2v) is 5.25. The molecule has 0 spiro atoms. The Morgan fingerprint density at radius 1 is 1.27 bits per heavy atom. The Hall–Kier alpha value is -0.340. The molecular weight excluding hydrogens is 250 g/mol. The van der Waals surface area contributed by atoms with E-state index in [1.165, 1.54) is 36.0 Å². The highest BCUT2D eigenvalue weighted by Gasteiger charge is 2.22. The van der Waals surface area contributed by atoms with Gasteiger partial charge < -0.3 is 5.32 Å². The fourth-order valence-corrected chi connectivity index (χ4v) is 3.09. The van der Waals surface area contributed by atoms with Gasteiger partial charge in [0.25, 0.3) is 0 Å². The Kier molecular flexibility index (Phi) is 3.81. The van der Waals surface area contributed by atoms with Gasteiger partial charge >= 0.3 is 0 Å². The minimum atomic E-state index is 0.669. The van der Waals surface area contributed by atoms with Crippen LogP contribution in [0, 0.1) is 5.92 Å². The van der Waals surface area contributed by atoms with Crippen molar-refractivity contribution in [2.24, 2.45) is 5.92 Å². The monoisotopic (exact) mass is 267 g/mol. The van der Waals surface area contributed by atoms with Gasteiger partial charge in [0, 0.05) is 4.47 Å². The second-order valence-electron chi connectivity index (χ2n) is 4.40. The fourth-order valence-electron chi connectivity index (χ4n) is 2.44. The van der Waals surface area contributed by atoms with Gasteiger partial charge in [0.15, 0.2) is 0 Å². The van der Waals surface area contributed by atoms with Crippen molar-refractivity contribution >= 4 is 15.9 Å². The van der Waals surface area contributed by atoms with Crippen LogP contribution in [0.3, 0.4) is 0 Å². The van der Waals surface area contributed by atoms with Crippen molar-refractivity contribution in [1.29, 1.82) is 0 Å². The molecular formula is C13H18BrN. The van der Waals surface area contributed by atoms with Crippen LogP contribution < -0.4 is 5.32 Å². The van der Waals surface area contributed by atoms with Gasteiger partial charge in [-0.1, -0.05) is 41.1 Å². The Balaban J connectivity index is 2.12. The van der Waals surface area contributed by atoms with E-state index >= 15 is 0 Å². The van der Waals surface area contributed by atoms with E-state index in [2.05, 4.69) is 52.4 Å². The van der Waals surface area contributed by atoms with Gasteiger partial charge in [-0.3, -0.25) is 0 Å². The van der Waals surface area contributed by atoms with Crippen molar-refractivity contribution in [2.45, 2.75) is 25.7 Å². The molecule has 1 unspecified atom stereocenters. The number of benzene rings is 1. The van der Waals surface area contributed by atoms with E-state index in [0.29, 0.717) is 5.92 Å². The highest BCUT2D eigenvalue weighted by Crippen LogP contribution is 2.34. The normalized spacial score (nSPS) is 20.1. The molecule has 0 amide bonds. The van der Waals surface area contributed by atoms with E-state index in [4.69, 9.17) is 0 Å². The minimum absolute atomic E-state index is 0.669. The van der Waals surface area contributed by atoms with Gasteiger partial charge in [-0.25, -0.2) is 0 Å². The molecule has 2 rings (SSSR count). The summed E-state index contributed by atoms with van der Waals surface area (Å²) in [6.45, 7) is 4.72. The van der Waals surface area contributed by atoms with Crippen LogP contribution in [-0.4, -0.2) is 13.1 Å². The fraction of sp³-hybridized carbons (Fsp3) is 0.538. The van der Waals surface area contributed by atoms with E-state index in [1.54, 1.807) is 0 Å².